The quantitative estimate of drug-likeness (QED) is 0.432. The second-order valence-electron chi connectivity index (χ2n) is 4.56. The van der Waals surface area contributed by atoms with Crippen molar-refractivity contribution in [3.8, 4) is 0 Å². The van der Waals surface area contributed by atoms with E-state index < -0.39 is 17.8 Å². The number of amides is 1. The Morgan fingerprint density at radius 3 is 1.88 bits per heavy atom. The molecule has 0 saturated heterocycles. The molecule has 4 nitrogen and oxygen atoms in total. The number of carboxylic acid groups (broad SMARTS) is 1. The average Bonchev–Trinajstić information content (AvgIpc) is 2.26. The number of aliphatic carboxylic acids is 1. The van der Waals surface area contributed by atoms with Gasteiger partial charge in [0.2, 0.25) is 5.91 Å². The van der Waals surface area contributed by atoms with E-state index in [1.165, 1.54) is 32.1 Å². The maximum absolute atomic E-state index is 10.8. The smallest absolute Gasteiger partial charge is 0.316 e. The summed E-state index contributed by atoms with van der Waals surface area (Å²) in [6, 6.07) is 0. The van der Waals surface area contributed by atoms with Crippen molar-refractivity contribution in [2.75, 3.05) is 0 Å². The van der Waals surface area contributed by atoms with E-state index in [0.29, 0.717) is 6.42 Å². The van der Waals surface area contributed by atoms with E-state index in [1.807, 2.05) is 0 Å². The molecule has 17 heavy (non-hydrogen) atoms. The fourth-order valence-electron chi connectivity index (χ4n) is 1.87. The van der Waals surface area contributed by atoms with Crippen LogP contribution in [0.25, 0.3) is 0 Å². The number of primary amides is 1. The number of nitrogens with two attached hydrogens (primary N) is 1. The maximum atomic E-state index is 10.8. The van der Waals surface area contributed by atoms with Crippen LogP contribution in [0.1, 0.15) is 64.7 Å². The second kappa shape index (κ2) is 10.1. The first kappa shape index (κ1) is 15.9. The van der Waals surface area contributed by atoms with Gasteiger partial charge in [-0.25, -0.2) is 0 Å². The molecule has 0 heterocycles. The molecule has 0 aliphatic carbocycles. The van der Waals surface area contributed by atoms with Crippen molar-refractivity contribution in [1.29, 1.82) is 0 Å². The van der Waals surface area contributed by atoms with Gasteiger partial charge in [-0.1, -0.05) is 58.3 Å². The van der Waals surface area contributed by atoms with Gasteiger partial charge < -0.3 is 10.8 Å². The molecule has 0 aromatic rings. The topological polar surface area (TPSA) is 80.4 Å². The standard InChI is InChI=1S/C13H25NO3/c1-2-3-4-5-6-7-8-9-10-11(12(14)15)13(16)17/h11H,2-10H2,1H3,(H2,14,15)(H,16,17). The molecule has 4 heteroatoms. The van der Waals surface area contributed by atoms with Crippen LogP contribution in [-0.4, -0.2) is 17.0 Å². The second-order valence-corrected chi connectivity index (χ2v) is 4.56. The normalized spacial score (nSPS) is 12.3. The summed E-state index contributed by atoms with van der Waals surface area (Å²) in [5.74, 6) is -2.82. The monoisotopic (exact) mass is 243 g/mol. The van der Waals surface area contributed by atoms with E-state index in [4.69, 9.17) is 10.8 Å². The minimum absolute atomic E-state index is 0.375. The van der Waals surface area contributed by atoms with Crippen LogP contribution >= 0.6 is 0 Å². The van der Waals surface area contributed by atoms with Crippen LogP contribution in [-0.2, 0) is 9.59 Å². The van der Waals surface area contributed by atoms with E-state index in [9.17, 15) is 9.59 Å². The molecule has 0 spiro atoms. The lowest BCUT2D eigenvalue weighted by atomic mass is 9.99. The molecule has 0 aromatic heterocycles. The van der Waals surface area contributed by atoms with Crippen LogP contribution in [0.3, 0.4) is 0 Å². The molecular weight excluding hydrogens is 218 g/mol. The van der Waals surface area contributed by atoms with Crippen molar-refractivity contribution in [2.45, 2.75) is 64.7 Å². The largest absolute Gasteiger partial charge is 0.481 e. The lowest BCUT2D eigenvalue weighted by molar-refractivity contribution is -0.146. The molecule has 0 radical (unpaired) electrons. The highest BCUT2D eigenvalue weighted by Gasteiger charge is 2.22. The summed E-state index contributed by atoms with van der Waals surface area (Å²) < 4.78 is 0. The van der Waals surface area contributed by atoms with E-state index >= 15 is 0 Å². The fraction of sp³-hybridized carbons (Fsp3) is 0.846. The fourth-order valence-corrected chi connectivity index (χ4v) is 1.87. The molecule has 0 fully saturated rings. The summed E-state index contributed by atoms with van der Waals surface area (Å²) in [4.78, 5) is 21.5. The zero-order valence-electron chi connectivity index (χ0n) is 10.8. The lowest BCUT2D eigenvalue weighted by Crippen LogP contribution is -2.30. The van der Waals surface area contributed by atoms with E-state index in [0.717, 1.165) is 19.3 Å². The highest BCUT2D eigenvalue weighted by molar-refractivity contribution is 5.95. The first-order chi connectivity index (χ1) is 8.09. The van der Waals surface area contributed by atoms with Gasteiger partial charge in [-0.3, -0.25) is 9.59 Å². The van der Waals surface area contributed by atoms with Crippen molar-refractivity contribution in [2.24, 2.45) is 11.7 Å². The van der Waals surface area contributed by atoms with Gasteiger partial charge in [-0.2, -0.15) is 0 Å². The Hall–Kier alpha value is -1.06. The zero-order chi connectivity index (χ0) is 13.1. The predicted octanol–water partition coefficient (Wildman–Crippen LogP) is 2.70. The van der Waals surface area contributed by atoms with Gasteiger partial charge in [0.05, 0.1) is 0 Å². The Morgan fingerprint density at radius 1 is 1.00 bits per heavy atom. The van der Waals surface area contributed by atoms with Gasteiger partial charge in [-0.05, 0) is 6.42 Å². The minimum atomic E-state index is -1.10. The summed E-state index contributed by atoms with van der Waals surface area (Å²) >= 11 is 0. The third-order valence-corrected chi connectivity index (χ3v) is 2.99. The van der Waals surface area contributed by atoms with Gasteiger partial charge in [-0.15, -0.1) is 0 Å². The molecule has 0 aromatic carbocycles. The van der Waals surface area contributed by atoms with Gasteiger partial charge in [0, 0.05) is 0 Å². The number of carbonyl (C=O) groups is 2. The SMILES string of the molecule is CCCCCCCCCCC(C(N)=O)C(=O)O. The Bertz CT molecular complexity index is 215. The van der Waals surface area contributed by atoms with Gasteiger partial charge in [0.15, 0.2) is 0 Å². The highest BCUT2D eigenvalue weighted by atomic mass is 16.4. The minimum Gasteiger partial charge on any atom is -0.481 e. The molecule has 1 atom stereocenters. The summed E-state index contributed by atoms with van der Waals surface area (Å²) in [6.07, 6.45) is 9.54. The number of unbranched alkanes of at least 4 members (excludes halogenated alkanes) is 7. The number of hydrogen-bond acceptors (Lipinski definition) is 2. The van der Waals surface area contributed by atoms with Crippen molar-refractivity contribution in [1.82, 2.24) is 0 Å². The van der Waals surface area contributed by atoms with Gasteiger partial charge >= 0.3 is 5.97 Å². The summed E-state index contributed by atoms with van der Waals surface area (Å²) in [6.45, 7) is 2.19. The Kier molecular flexibility index (Phi) is 9.49. The Morgan fingerprint density at radius 2 is 1.47 bits per heavy atom. The third kappa shape index (κ3) is 8.72. The van der Waals surface area contributed by atoms with Crippen molar-refractivity contribution in [3.05, 3.63) is 0 Å². The van der Waals surface area contributed by atoms with Gasteiger partial charge in [0.25, 0.3) is 0 Å². The van der Waals surface area contributed by atoms with Crippen LogP contribution < -0.4 is 5.73 Å². The number of carbonyl (C=O) groups excluding carboxylic acids is 1. The molecule has 0 rings (SSSR count). The van der Waals surface area contributed by atoms with Gasteiger partial charge in [0.1, 0.15) is 5.92 Å². The molecule has 0 aliphatic heterocycles. The predicted molar refractivity (Wildman–Crippen MR) is 67.5 cm³/mol. The first-order valence-corrected chi connectivity index (χ1v) is 6.61. The van der Waals surface area contributed by atoms with E-state index in [2.05, 4.69) is 6.92 Å². The molecule has 1 amide bonds. The summed E-state index contributed by atoms with van der Waals surface area (Å²) in [5, 5.41) is 8.74. The Labute approximate surface area is 104 Å². The van der Waals surface area contributed by atoms with Crippen LogP contribution in [0.2, 0.25) is 0 Å². The molecule has 100 valence electrons. The van der Waals surface area contributed by atoms with Crippen LogP contribution in [0.4, 0.5) is 0 Å². The van der Waals surface area contributed by atoms with Crippen LogP contribution in [0.15, 0.2) is 0 Å². The third-order valence-electron chi connectivity index (χ3n) is 2.99. The average molecular weight is 243 g/mol. The van der Waals surface area contributed by atoms with E-state index in [1.54, 1.807) is 0 Å². The van der Waals surface area contributed by atoms with Crippen LogP contribution in [0, 0.1) is 5.92 Å². The molecule has 1 unspecified atom stereocenters. The Balaban J connectivity index is 3.43. The highest BCUT2D eigenvalue weighted by Crippen LogP contribution is 2.13. The van der Waals surface area contributed by atoms with E-state index in [-0.39, 0.29) is 0 Å². The lowest BCUT2D eigenvalue weighted by Gasteiger charge is -2.07. The number of hydrogen-bond donors (Lipinski definition) is 2. The maximum Gasteiger partial charge on any atom is 0.316 e. The summed E-state index contributed by atoms with van der Waals surface area (Å²) in [5.41, 5.74) is 5.01. The molecular formula is C13H25NO3. The summed E-state index contributed by atoms with van der Waals surface area (Å²) in [7, 11) is 0. The number of rotatable bonds is 11. The number of carboxylic acids is 1. The molecule has 0 saturated carbocycles. The van der Waals surface area contributed by atoms with Crippen molar-refractivity contribution < 1.29 is 14.7 Å². The molecule has 0 bridgehead atoms. The molecule has 3 N–H and O–H groups in total. The zero-order valence-corrected chi connectivity index (χ0v) is 10.8. The van der Waals surface area contributed by atoms with Crippen molar-refractivity contribution in [3.63, 3.8) is 0 Å². The van der Waals surface area contributed by atoms with Crippen LogP contribution in [0.5, 0.6) is 0 Å². The molecule has 0 aliphatic rings. The first-order valence-electron chi connectivity index (χ1n) is 6.61. The van der Waals surface area contributed by atoms with Crippen molar-refractivity contribution >= 4 is 11.9 Å².